The maximum Gasteiger partial charge on any atom is 0.222 e. The molecule has 1 aromatic carbocycles. The van der Waals surface area contributed by atoms with Crippen LogP contribution in [0.2, 0.25) is 10.0 Å². The molecular formula is C11H7Cl2N5. The lowest BCUT2D eigenvalue weighted by Crippen LogP contribution is -2.01. The molecule has 0 saturated heterocycles. The van der Waals surface area contributed by atoms with Gasteiger partial charge in [-0.25, -0.2) is 4.98 Å². The first kappa shape index (κ1) is 12.4. The molecule has 0 saturated carbocycles. The zero-order valence-corrected chi connectivity index (χ0v) is 10.5. The van der Waals surface area contributed by atoms with Crippen molar-refractivity contribution in [3.05, 3.63) is 40.0 Å². The number of nitrogens with zero attached hydrogens (tertiary/aromatic N) is 3. The van der Waals surface area contributed by atoms with Crippen LogP contribution in [0.15, 0.2) is 24.4 Å². The number of halogens is 2. The summed E-state index contributed by atoms with van der Waals surface area (Å²) in [4.78, 5) is 7.69. The van der Waals surface area contributed by atoms with E-state index in [-0.39, 0.29) is 5.95 Å². The number of hydrogen-bond acceptors (Lipinski definition) is 5. The van der Waals surface area contributed by atoms with E-state index in [0.717, 1.165) is 0 Å². The highest BCUT2D eigenvalue weighted by molar-refractivity contribution is 6.33. The summed E-state index contributed by atoms with van der Waals surface area (Å²) >= 11 is 11.8. The van der Waals surface area contributed by atoms with Gasteiger partial charge in [-0.2, -0.15) is 10.2 Å². The Bertz CT molecular complexity index is 636. The summed E-state index contributed by atoms with van der Waals surface area (Å²) in [6, 6.07) is 6.87. The maximum absolute atomic E-state index is 8.99. The molecule has 18 heavy (non-hydrogen) atoms. The molecule has 90 valence electrons. The van der Waals surface area contributed by atoms with Gasteiger partial charge in [0.1, 0.15) is 11.1 Å². The third kappa shape index (κ3) is 2.62. The van der Waals surface area contributed by atoms with Crippen molar-refractivity contribution in [3.63, 3.8) is 0 Å². The second-order valence-corrected chi connectivity index (χ2v) is 4.20. The van der Waals surface area contributed by atoms with Crippen molar-refractivity contribution in [1.82, 2.24) is 9.97 Å². The summed E-state index contributed by atoms with van der Waals surface area (Å²) in [5, 5.41) is 12.7. The van der Waals surface area contributed by atoms with Crippen molar-refractivity contribution in [3.8, 4) is 6.07 Å². The standard InChI is InChI=1S/C11H7Cl2N5/c12-7-2-1-6(4-14)9(3-7)17-10-8(13)5-16-11(15)18-10/h1-3,5H,(H3,15,16,17,18). The second kappa shape index (κ2) is 5.08. The Morgan fingerprint density at radius 1 is 1.33 bits per heavy atom. The minimum atomic E-state index is 0.0856. The molecule has 7 heteroatoms. The monoisotopic (exact) mass is 279 g/mol. The van der Waals surface area contributed by atoms with E-state index in [1.54, 1.807) is 18.2 Å². The molecule has 0 atom stereocenters. The van der Waals surface area contributed by atoms with Crippen LogP contribution in [-0.4, -0.2) is 9.97 Å². The number of nitriles is 1. The van der Waals surface area contributed by atoms with E-state index in [9.17, 15) is 0 Å². The number of hydrogen-bond donors (Lipinski definition) is 2. The van der Waals surface area contributed by atoms with Crippen LogP contribution in [0, 0.1) is 11.3 Å². The van der Waals surface area contributed by atoms with Crippen LogP contribution in [0.1, 0.15) is 5.56 Å². The van der Waals surface area contributed by atoms with Gasteiger partial charge in [0.05, 0.1) is 17.4 Å². The SMILES string of the molecule is N#Cc1ccc(Cl)cc1Nc1nc(N)ncc1Cl. The minimum absolute atomic E-state index is 0.0856. The molecule has 0 fully saturated rings. The van der Waals surface area contributed by atoms with Gasteiger partial charge in [-0.15, -0.1) is 0 Å². The van der Waals surface area contributed by atoms with Crippen LogP contribution < -0.4 is 11.1 Å². The summed E-state index contributed by atoms with van der Waals surface area (Å²) in [5.41, 5.74) is 6.40. The van der Waals surface area contributed by atoms with Gasteiger partial charge >= 0.3 is 0 Å². The van der Waals surface area contributed by atoms with Crippen molar-refractivity contribution >= 4 is 40.7 Å². The van der Waals surface area contributed by atoms with Crippen LogP contribution >= 0.6 is 23.2 Å². The molecule has 1 heterocycles. The quantitative estimate of drug-likeness (QED) is 0.882. The fraction of sp³-hybridized carbons (Fsp3) is 0. The van der Waals surface area contributed by atoms with Crippen LogP contribution in [0.4, 0.5) is 17.5 Å². The largest absolute Gasteiger partial charge is 0.368 e. The number of nitrogens with one attached hydrogen (secondary N) is 1. The van der Waals surface area contributed by atoms with E-state index in [1.165, 1.54) is 6.20 Å². The average molecular weight is 280 g/mol. The minimum Gasteiger partial charge on any atom is -0.368 e. The van der Waals surface area contributed by atoms with Crippen LogP contribution in [0.3, 0.4) is 0 Å². The molecule has 0 amide bonds. The van der Waals surface area contributed by atoms with E-state index in [4.69, 9.17) is 34.2 Å². The van der Waals surface area contributed by atoms with Crippen molar-refractivity contribution in [2.45, 2.75) is 0 Å². The van der Waals surface area contributed by atoms with E-state index in [2.05, 4.69) is 15.3 Å². The highest BCUT2D eigenvalue weighted by Crippen LogP contribution is 2.27. The summed E-state index contributed by atoms with van der Waals surface area (Å²) in [6.45, 7) is 0. The van der Waals surface area contributed by atoms with Gasteiger partial charge < -0.3 is 11.1 Å². The fourth-order valence-electron chi connectivity index (χ4n) is 1.31. The Kier molecular flexibility index (Phi) is 3.51. The van der Waals surface area contributed by atoms with E-state index >= 15 is 0 Å². The fourth-order valence-corrected chi connectivity index (χ4v) is 1.62. The van der Waals surface area contributed by atoms with Crippen molar-refractivity contribution in [2.24, 2.45) is 0 Å². The normalized spacial score (nSPS) is 9.83. The molecular weight excluding hydrogens is 273 g/mol. The Balaban J connectivity index is 2.43. The van der Waals surface area contributed by atoms with E-state index < -0.39 is 0 Å². The zero-order valence-electron chi connectivity index (χ0n) is 8.98. The molecule has 2 aromatic rings. The molecule has 0 aliphatic heterocycles. The van der Waals surface area contributed by atoms with E-state index in [1.807, 2.05) is 6.07 Å². The van der Waals surface area contributed by atoms with Gasteiger partial charge in [-0.3, -0.25) is 0 Å². The van der Waals surface area contributed by atoms with Gasteiger partial charge in [0.15, 0.2) is 5.82 Å². The first-order valence-corrected chi connectivity index (χ1v) is 5.60. The van der Waals surface area contributed by atoms with Gasteiger partial charge in [-0.05, 0) is 18.2 Å². The molecule has 3 N–H and O–H groups in total. The molecule has 0 radical (unpaired) electrons. The summed E-state index contributed by atoms with van der Waals surface area (Å²) in [5.74, 6) is 0.408. The number of nitrogens with two attached hydrogens (primary N) is 1. The highest BCUT2D eigenvalue weighted by atomic mass is 35.5. The predicted octanol–water partition coefficient (Wildman–Crippen LogP) is 2.98. The number of nitrogen functional groups attached to an aromatic ring is 1. The average Bonchev–Trinajstić information content (AvgIpc) is 2.34. The van der Waals surface area contributed by atoms with Crippen LogP contribution in [0.25, 0.3) is 0 Å². The Morgan fingerprint density at radius 2 is 2.11 bits per heavy atom. The lowest BCUT2D eigenvalue weighted by molar-refractivity contribution is 1.18. The summed E-state index contributed by atoms with van der Waals surface area (Å²) < 4.78 is 0. The Morgan fingerprint density at radius 3 is 2.83 bits per heavy atom. The molecule has 0 aliphatic carbocycles. The summed E-state index contributed by atoms with van der Waals surface area (Å²) in [7, 11) is 0. The second-order valence-electron chi connectivity index (χ2n) is 3.35. The van der Waals surface area contributed by atoms with Crippen LogP contribution in [-0.2, 0) is 0 Å². The molecule has 1 aromatic heterocycles. The molecule has 2 rings (SSSR count). The topological polar surface area (TPSA) is 87.6 Å². The predicted molar refractivity (Wildman–Crippen MR) is 70.9 cm³/mol. The maximum atomic E-state index is 8.99. The van der Waals surface area contributed by atoms with Crippen molar-refractivity contribution in [2.75, 3.05) is 11.1 Å². The van der Waals surface area contributed by atoms with Crippen molar-refractivity contribution in [1.29, 1.82) is 5.26 Å². The third-order valence-electron chi connectivity index (χ3n) is 2.12. The van der Waals surface area contributed by atoms with Gasteiger partial charge in [0, 0.05) is 5.02 Å². The lowest BCUT2D eigenvalue weighted by atomic mass is 10.2. The van der Waals surface area contributed by atoms with Crippen LogP contribution in [0.5, 0.6) is 0 Å². The number of anilines is 3. The lowest BCUT2D eigenvalue weighted by Gasteiger charge is -2.09. The Hall–Kier alpha value is -2.03. The van der Waals surface area contributed by atoms with Gasteiger partial charge in [0.2, 0.25) is 5.95 Å². The third-order valence-corrected chi connectivity index (χ3v) is 2.63. The smallest absolute Gasteiger partial charge is 0.222 e. The summed E-state index contributed by atoms with van der Waals surface area (Å²) in [6.07, 6.45) is 1.38. The molecule has 0 unspecified atom stereocenters. The molecule has 0 spiro atoms. The first-order chi connectivity index (χ1) is 8.60. The molecule has 0 aliphatic rings. The molecule has 0 bridgehead atoms. The molecule has 5 nitrogen and oxygen atoms in total. The number of benzene rings is 1. The number of aromatic nitrogens is 2. The zero-order chi connectivity index (χ0) is 13.1. The van der Waals surface area contributed by atoms with Gasteiger partial charge in [0.25, 0.3) is 0 Å². The van der Waals surface area contributed by atoms with E-state index in [0.29, 0.717) is 27.1 Å². The van der Waals surface area contributed by atoms with Gasteiger partial charge in [-0.1, -0.05) is 23.2 Å². The highest BCUT2D eigenvalue weighted by Gasteiger charge is 2.08. The number of rotatable bonds is 2. The van der Waals surface area contributed by atoms with Crippen molar-refractivity contribution < 1.29 is 0 Å². The first-order valence-electron chi connectivity index (χ1n) is 4.85. The Labute approximate surface area is 113 Å².